The Bertz CT molecular complexity index is 738. The fourth-order valence-electron chi connectivity index (χ4n) is 3.71. The van der Waals surface area contributed by atoms with Crippen LogP contribution < -0.4 is 9.47 Å². The molecular weight excluding hydrogens is 342 g/mol. The Kier molecular flexibility index (Phi) is 6.74. The van der Waals surface area contributed by atoms with Gasteiger partial charge >= 0.3 is 0 Å². The molecule has 1 saturated heterocycles. The molecule has 2 aromatic rings. The molecule has 0 saturated carbocycles. The van der Waals surface area contributed by atoms with Crippen molar-refractivity contribution in [2.45, 2.75) is 52.4 Å². The summed E-state index contributed by atoms with van der Waals surface area (Å²) in [4.78, 5) is 2.43. The average Bonchev–Trinajstić information content (AvgIpc) is 3.31. The first kappa shape index (κ1) is 19.7. The molecule has 2 heterocycles. The molecule has 0 amide bonds. The molecule has 3 rings (SSSR count). The molecular formula is C21H31N3O3. The monoisotopic (exact) mass is 373 g/mol. The lowest BCUT2D eigenvalue weighted by Gasteiger charge is -2.26. The number of aromatic nitrogens is 2. The van der Waals surface area contributed by atoms with E-state index >= 15 is 0 Å². The molecule has 1 aliphatic rings. The van der Waals surface area contributed by atoms with Crippen LogP contribution in [0.15, 0.2) is 24.4 Å². The summed E-state index contributed by atoms with van der Waals surface area (Å²) < 4.78 is 18.9. The van der Waals surface area contributed by atoms with Crippen LogP contribution in [0, 0.1) is 6.92 Å². The van der Waals surface area contributed by atoms with E-state index in [0.29, 0.717) is 6.10 Å². The number of aryl methyl sites for hydroxylation is 1. The topological polar surface area (TPSA) is 48.8 Å². The summed E-state index contributed by atoms with van der Waals surface area (Å²) in [5, 5.41) is 4.50. The highest BCUT2D eigenvalue weighted by molar-refractivity contribution is 5.40. The molecule has 27 heavy (non-hydrogen) atoms. The van der Waals surface area contributed by atoms with Gasteiger partial charge in [0.15, 0.2) is 0 Å². The molecule has 0 N–H and O–H groups in total. The molecule has 1 aromatic carbocycles. The maximum atomic E-state index is 5.90. The van der Waals surface area contributed by atoms with Gasteiger partial charge in [-0.15, -0.1) is 0 Å². The smallest absolute Gasteiger partial charge is 0.123 e. The molecule has 0 radical (unpaired) electrons. The Labute approximate surface area is 162 Å². The Hall–Kier alpha value is -2.05. The third kappa shape index (κ3) is 4.82. The van der Waals surface area contributed by atoms with E-state index in [1.807, 2.05) is 23.0 Å². The first-order chi connectivity index (χ1) is 13.1. The lowest BCUT2D eigenvalue weighted by Crippen LogP contribution is -2.31. The Balaban J connectivity index is 1.82. The maximum Gasteiger partial charge on any atom is 0.123 e. The minimum Gasteiger partial charge on any atom is -0.497 e. The number of rotatable bonds is 9. The zero-order chi connectivity index (χ0) is 19.2. The Morgan fingerprint density at radius 2 is 2.04 bits per heavy atom. The summed E-state index contributed by atoms with van der Waals surface area (Å²) in [7, 11) is 3.41. The quantitative estimate of drug-likeness (QED) is 0.674. The maximum absolute atomic E-state index is 5.90. The normalized spacial score (nSPS) is 16.9. The van der Waals surface area contributed by atoms with E-state index in [1.165, 1.54) is 11.3 Å². The molecule has 1 fully saturated rings. The highest BCUT2D eigenvalue weighted by Gasteiger charge is 2.22. The molecule has 1 aliphatic heterocycles. The second-order valence-corrected chi connectivity index (χ2v) is 7.05. The zero-order valence-corrected chi connectivity index (χ0v) is 16.9. The minimum absolute atomic E-state index is 0.295. The van der Waals surface area contributed by atoms with Crippen molar-refractivity contribution >= 4 is 0 Å². The van der Waals surface area contributed by atoms with E-state index in [2.05, 4.69) is 29.9 Å². The molecule has 0 unspecified atom stereocenters. The summed E-state index contributed by atoms with van der Waals surface area (Å²) in [6.45, 7) is 8.53. The van der Waals surface area contributed by atoms with Crippen molar-refractivity contribution in [2.75, 3.05) is 27.4 Å². The van der Waals surface area contributed by atoms with E-state index in [9.17, 15) is 0 Å². The van der Waals surface area contributed by atoms with Gasteiger partial charge in [0.2, 0.25) is 0 Å². The van der Waals surface area contributed by atoms with Gasteiger partial charge in [-0.3, -0.25) is 9.58 Å². The SMILES string of the molecule is CCn1ncc(CN(Cc2cc(OC)ccc2OC)C[C@@H]2CCCO2)c1C. The number of nitrogens with zero attached hydrogens (tertiary/aromatic N) is 3. The van der Waals surface area contributed by atoms with Crippen molar-refractivity contribution < 1.29 is 14.2 Å². The van der Waals surface area contributed by atoms with Crippen molar-refractivity contribution in [2.24, 2.45) is 0 Å². The second kappa shape index (κ2) is 9.24. The minimum atomic E-state index is 0.295. The Morgan fingerprint density at radius 3 is 2.67 bits per heavy atom. The van der Waals surface area contributed by atoms with Gasteiger partial charge in [0.1, 0.15) is 11.5 Å². The van der Waals surface area contributed by atoms with E-state index in [-0.39, 0.29) is 0 Å². The van der Waals surface area contributed by atoms with Crippen LogP contribution in [-0.2, 0) is 24.4 Å². The van der Waals surface area contributed by atoms with E-state index in [4.69, 9.17) is 14.2 Å². The van der Waals surface area contributed by atoms with Gasteiger partial charge in [0, 0.05) is 49.6 Å². The molecule has 0 spiro atoms. The fourth-order valence-corrected chi connectivity index (χ4v) is 3.71. The van der Waals surface area contributed by atoms with Gasteiger partial charge < -0.3 is 14.2 Å². The number of hydrogen-bond donors (Lipinski definition) is 0. The van der Waals surface area contributed by atoms with Gasteiger partial charge in [-0.05, 0) is 44.9 Å². The van der Waals surface area contributed by atoms with Crippen LogP contribution in [0.4, 0.5) is 0 Å². The largest absolute Gasteiger partial charge is 0.497 e. The van der Waals surface area contributed by atoms with Crippen LogP contribution in [0.3, 0.4) is 0 Å². The standard InChI is InChI=1S/C21H31N3O3/c1-5-24-16(2)18(12-22-24)14-23(15-20-7-6-10-27-20)13-17-11-19(25-3)8-9-21(17)26-4/h8-9,11-12,20H,5-7,10,13-15H2,1-4H3/t20-/m0/s1. The molecule has 1 atom stereocenters. The summed E-state index contributed by atoms with van der Waals surface area (Å²) >= 11 is 0. The third-order valence-electron chi connectivity index (χ3n) is 5.27. The van der Waals surface area contributed by atoms with Crippen LogP contribution in [0.25, 0.3) is 0 Å². The molecule has 6 nitrogen and oxygen atoms in total. The van der Waals surface area contributed by atoms with Crippen molar-refractivity contribution in [3.05, 3.63) is 41.2 Å². The molecule has 6 heteroatoms. The van der Waals surface area contributed by atoms with Gasteiger partial charge in [-0.2, -0.15) is 5.10 Å². The zero-order valence-electron chi connectivity index (χ0n) is 16.9. The van der Waals surface area contributed by atoms with Crippen LogP contribution in [0.2, 0.25) is 0 Å². The van der Waals surface area contributed by atoms with E-state index in [0.717, 1.165) is 62.7 Å². The predicted molar refractivity (Wildman–Crippen MR) is 105 cm³/mol. The van der Waals surface area contributed by atoms with Gasteiger partial charge in [-0.25, -0.2) is 0 Å². The van der Waals surface area contributed by atoms with Crippen molar-refractivity contribution in [1.82, 2.24) is 14.7 Å². The fraction of sp³-hybridized carbons (Fsp3) is 0.571. The number of ether oxygens (including phenoxy) is 3. The molecule has 0 aliphatic carbocycles. The summed E-state index contributed by atoms with van der Waals surface area (Å²) in [5.74, 6) is 1.73. The highest BCUT2D eigenvalue weighted by Crippen LogP contribution is 2.27. The van der Waals surface area contributed by atoms with Crippen molar-refractivity contribution in [3.8, 4) is 11.5 Å². The molecule has 148 valence electrons. The Morgan fingerprint density at radius 1 is 1.22 bits per heavy atom. The lowest BCUT2D eigenvalue weighted by molar-refractivity contribution is 0.0675. The second-order valence-electron chi connectivity index (χ2n) is 7.05. The van der Waals surface area contributed by atoms with Gasteiger partial charge in [0.05, 0.1) is 26.5 Å². The number of methoxy groups -OCH3 is 2. The summed E-state index contributed by atoms with van der Waals surface area (Å²) in [6, 6.07) is 5.96. The van der Waals surface area contributed by atoms with E-state index in [1.54, 1.807) is 14.2 Å². The summed E-state index contributed by atoms with van der Waals surface area (Å²) in [6.07, 6.45) is 4.56. The van der Waals surface area contributed by atoms with Crippen molar-refractivity contribution in [1.29, 1.82) is 0 Å². The van der Waals surface area contributed by atoms with Gasteiger partial charge in [0.25, 0.3) is 0 Å². The average molecular weight is 373 g/mol. The predicted octanol–water partition coefficient (Wildman–Crippen LogP) is 3.41. The number of benzene rings is 1. The van der Waals surface area contributed by atoms with E-state index < -0.39 is 0 Å². The first-order valence-corrected chi connectivity index (χ1v) is 9.70. The number of hydrogen-bond acceptors (Lipinski definition) is 5. The van der Waals surface area contributed by atoms with Crippen molar-refractivity contribution in [3.63, 3.8) is 0 Å². The van der Waals surface area contributed by atoms with Crippen LogP contribution in [0.5, 0.6) is 11.5 Å². The highest BCUT2D eigenvalue weighted by atomic mass is 16.5. The summed E-state index contributed by atoms with van der Waals surface area (Å²) in [5.41, 5.74) is 3.61. The van der Waals surface area contributed by atoms with Crippen LogP contribution in [-0.4, -0.2) is 48.2 Å². The molecule has 1 aromatic heterocycles. The first-order valence-electron chi connectivity index (χ1n) is 9.70. The van der Waals surface area contributed by atoms with Crippen LogP contribution in [0.1, 0.15) is 36.6 Å². The van der Waals surface area contributed by atoms with Gasteiger partial charge in [-0.1, -0.05) is 0 Å². The third-order valence-corrected chi connectivity index (χ3v) is 5.27. The molecule has 0 bridgehead atoms. The van der Waals surface area contributed by atoms with Crippen LogP contribution >= 0.6 is 0 Å². The lowest BCUT2D eigenvalue weighted by atomic mass is 10.1.